The monoisotopic (exact) mass is 1830 g/mol. The van der Waals surface area contributed by atoms with Crippen molar-refractivity contribution in [3.63, 3.8) is 0 Å². The summed E-state index contributed by atoms with van der Waals surface area (Å²) in [7, 11) is 4.68. The van der Waals surface area contributed by atoms with Crippen LogP contribution in [0.2, 0.25) is 0 Å². The molecule has 35 nitrogen and oxygen atoms in total. The molecule has 4 fully saturated rings. The van der Waals surface area contributed by atoms with E-state index in [-0.39, 0.29) is 105 Å². The molecule has 0 radical (unpaired) electrons. The molecule has 1 aromatic carbocycles. The van der Waals surface area contributed by atoms with E-state index < -0.39 is 66.0 Å². The fraction of sp³-hybridized carbons (Fsp3) is 0.571. The van der Waals surface area contributed by atoms with Gasteiger partial charge in [-0.1, -0.05) is 82.4 Å². The molecule has 4 amide bonds. The molecule has 5 aliphatic heterocycles. The maximum Gasteiger partial charge on any atom is 0.410 e. The molecule has 0 spiro atoms. The largest absolute Gasteiger partial charge is 0.460 e. The minimum absolute atomic E-state index is 0.0113. The standard InChI is InChI=1S/C98H131N17O18/c1-62-15-11-10-12-16-63(2)81(125-8)52-78-24-18-64(3)88(131-78)87(120)94(122)114-33-14-13-17-79(114)95(123)132-77(51-80(116)65(4)48-67(6)86(119)89(126-9)85(118)66(5)47-62)27-22-68-20-25-76(26-21-68)133-98(124)110(7)58-70-53-103-96(104-54-70)111-35-37-112(38-36-111)97-105-56-75(57-106-97)93(121)101-32-40-128-42-44-130-46-45-129-43-41-127-39-30-82(117)113-34-29-71-49-69(19-23-73(71)60-113)59-115-92-83(90(99)107-61-108-92)84(109-115)74-50-72-28-31-100-91(72)102-55-74/h10-12,15-16,19,23,28,31,48-50,53-57,61-62,64-66,68,76-79,81,86,88-89,119H,13-14,17-18,20-22,24-27,29-30,32-47,51-52,58-60H2,1-9H3,(H,100,102)(H,101,121)(H2,99,107,108)/b12-10+,15-11+,63-16+,67-48+/t62-,64-,65-,66-,68-,76-,77-,78?,79+,81+,86-,88?,89+/m1/s1. The van der Waals surface area contributed by atoms with Crippen LogP contribution in [0.15, 0.2) is 121 Å². The maximum atomic E-state index is 14.6. The van der Waals surface area contributed by atoms with E-state index in [0.29, 0.717) is 220 Å². The number of esters is 1. The number of ketones is 3. The minimum atomic E-state index is -1.34. The number of aliphatic hydroxyl groups is 1. The first-order valence-electron chi connectivity index (χ1n) is 47.0. The van der Waals surface area contributed by atoms with Crippen LogP contribution >= 0.6 is 0 Å². The third-order valence-corrected chi connectivity index (χ3v) is 26.3. The van der Waals surface area contributed by atoms with E-state index in [1.165, 1.54) is 41.2 Å². The molecular formula is C98H131N17O18. The third-order valence-electron chi connectivity index (χ3n) is 26.3. The molecule has 11 atom stereocenters. The van der Waals surface area contributed by atoms with Gasteiger partial charge in [0.25, 0.3) is 11.8 Å². The van der Waals surface area contributed by atoms with Crippen molar-refractivity contribution in [3.8, 4) is 11.3 Å². The Bertz CT molecular complexity index is 5220. The highest BCUT2D eigenvalue weighted by molar-refractivity contribution is 6.38. The van der Waals surface area contributed by atoms with Crippen molar-refractivity contribution in [1.29, 1.82) is 0 Å². The number of Topliss-reactive ketones (excluding diaryl/α,β-unsaturated/α-hetero) is 3. The highest BCUT2D eigenvalue weighted by Gasteiger charge is 2.44. The van der Waals surface area contributed by atoms with E-state index in [2.05, 4.69) is 68.3 Å². The van der Waals surface area contributed by atoms with Gasteiger partial charge in [-0.3, -0.25) is 28.8 Å². The number of aromatic amines is 1. The lowest BCUT2D eigenvalue weighted by molar-refractivity contribution is -0.169. The number of nitrogens with zero attached hydrogens (tertiary/aromatic N) is 14. The normalized spacial score (nSPS) is 25.5. The summed E-state index contributed by atoms with van der Waals surface area (Å²) in [6.45, 7) is 18.4. The fourth-order valence-corrected chi connectivity index (χ4v) is 18.4. The van der Waals surface area contributed by atoms with E-state index in [0.717, 1.165) is 39.7 Å². The number of amides is 4. The van der Waals surface area contributed by atoms with Crippen molar-refractivity contribution in [1.82, 2.24) is 69.7 Å². The van der Waals surface area contributed by atoms with Crippen LogP contribution in [0.1, 0.15) is 170 Å². The maximum absolute atomic E-state index is 14.6. The molecular weight excluding hydrogens is 1700 g/mol. The molecule has 1 saturated carbocycles. The number of anilines is 3. The number of aliphatic hydroxyl groups excluding tert-OH is 1. The first-order valence-corrected chi connectivity index (χ1v) is 47.0. The van der Waals surface area contributed by atoms with Crippen molar-refractivity contribution in [2.24, 2.45) is 29.6 Å². The number of rotatable bonds is 29. The summed E-state index contributed by atoms with van der Waals surface area (Å²) >= 11 is 0. The lowest BCUT2D eigenvalue weighted by Crippen LogP contribution is -2.55. The summed E-state index contributed by atoms with van der Waals surface area (Å²) in [5, 5.41) is 21.1. The zero-order chi connectivity index (χ0) is 94.0. The number of benzene rings is 1. The predicted octanol–water partition coefficient (Wildman–Crippen LogP) is 10.3. The molecule has 2 unspecified atom stereocenters. The highest BCUT2D eigenvalue weighted by atomic mass is 16.6. The van der Waals surface area contributed by atoms with Gasteiger partial charge in [-0.15, -0.1) is 0 Å². The Labute approximate surface area is 777 Å². The Morgan fingerprint density at radius 2 is 1.41 bits per heavy atom. The van der Waals surface area contributed by atoms with Crippen molar-refractivity contribution < 1.29 is 86.1 Å². The molecule has 2 bridgehead atoms. The molecule has 35 heteroatoms. The first-order chi connectivity index (χ1) is 64.4. The Morgan fingerprint density at radius 3 is 2.13 bits per heavy atom. The summed E-state index contributed by atoms with van der Waals surface area (Å²) < 4.78 is 55.0. The van der Waals surface area contributed by atoms with E-state index >= 15 is 0 Å². The number of cyclic esters (lactones) is 1. The number of nitrogens with two attached hydrogens (primary N) is 1. The van der Waals surface area contributed by atoms with Crippen LogP contribution in [0, 0.1) is 29.6 Å². The van der Waals surface area contributed by atoms with E-state index in [9.17, 15) is 43.5 Å². The Balaban J connectivity index is 0.482. The summed E-state index contributed by atoms with van der Waals surface area (Å²) in [6, 6.07) is 9.27. The van der Waals surface area contributed by atoms with Gasteiger partial charge in [-0.25, -0.2) is 49.2 Å². The SMILES string of the molecule is CO[C@H]1CC2CC[C@@H](C)C(O2)C(=O)C(=O)N2CCCC[C@H]2C(=O)O[C@H](CC[C@H]2CC[C@H](OC(=O)N(C)Cc3cnc(N4CCN(c5ncc(C(=O)NCCOCCOCCOCCOCCC(=O)N6CCc7cc(Cn8nc(-c9cnc%10[nH]ccc%10c9)c9c(N)ncnc98)ccc7C6)cn5)CC4)nc3)CC2)CC(=O)[C@H](C)/C=C(\C)[C@@H](O)[C@@H](OC)C(=O)[C@H](C)C[C@H](C)/C=C/C=C/C=C/1C. The smallest absolute Gasteiger partial charge is 0.410 e. The lowest BCUT2D eigenvalue weighted by Gasteiger charge is -2.38. The molecule has 3 saturated heterocycles. The van der Waals surface area contributed by atoms with Gasteiger partial charge < -0.3 is 88.3 Å². The first kappa shape index (κ1) is 99.3. The zero-order valence-electron chi connectivity index (χ0n) is 78.2. The summed E-state index contributed by atoms with van der Waals surface area (Å²) in [5.74, 6) is -2.91. The number of pyridine rings is 1. The van der Waals surface area contributed by atoms with Gasteiger partial charge in [-0.05, 0) is 155 Å². The fourth-order valence-electron chi connectivity index (χ4n) is 18.4. The summed E-state index contributed by atoms with van der Waals surface area (Å²) in [4.78, 5) is 155. The molecule has 133 heavy (non-hydrogen) atoms. The Kier molecular flexibility index (Phi) is 36.3. The number of hydrogen-bond donors (Lipinski definition) is 4. The van der Waals surface area contributed by atoms with E-state index in [1.54, 1.807) is 52.7 Å². The molecule has 716 valence electrons. The predicted molar refractivity (Wildman–Crippen MR) is 497 cm³/mol. The van der Waals surface area contributed by atoms with Crippen LogP contribution in [0.5, 0.6) is 0 Å². The topological polar surface area (TPSA) is 418 Å². The molecule has 13 rings (SSSR count). The van der Waals surface area contributed by atoms with Gasteiger partial charge in [-0.2, -0.15) is 5.10 Å². The van der Waals surface area contributed by atoms with Crippen molar-refractivity contribution in [3.05, 3.63) is 149 Å². The lowest BCUT2D eigenvalue weighted by atomic mass is 9.83. The van der Waals surface area contributed by atoms with Crippen LogP contribution in [0.4, 0.5) is 22.5 Å². The zero-order valence-corrected chi connectivity index (χ0v) is 78.2. The molecule has 6 aromatic heterocycles. The minimum Gasteiger partial charge on any atom is -0.460 e. The third kappa shape index (κ3) is 27.1. The number of nitrogen functional groups attached to an aromatic ring is 1. The van der Waals surface area contributed by atoms with Gasteiger partial charge in [0, 0.05) is 152 Å². The van der Waals surface area contributed by atoms with Gasteiger partial charge in [0.1, 0.15) is 65.8 Å². The molecule has 5 N–H and O–H groups in total. The van der Waals surface area contributed by atoms with Gasteiger partial charge in [0.05, 0.1) is 95.5 Å². The number of H-pyrrole nitrogens is 1. The summed E-state index contributed by atoms with van der Waals surface area (Å²) in [5.41, 5.74) is 15.0. The number of carbonyl (C=O) groups is 8. The Hall–Kier alpha value is -11.2. The van der Waals surface area contributed by atoms with E-state index in [1.807, 2.05) is 90.9 Å². The molecule has 6 aliphatic rings. The van der Waals surface area contributed by atoms with E-state index in [4.69, 9.17) is 53.5 Å². The van der Waals surface area contributed by atoms with Crippen LogP contribution in [-0.2, 0) is 97.5 Å². The number of hydrogen-bond acceptors (Lipinski definition) is 29. The highest BCUT2D eigenvalue weighted by Crippen LogP contribution is 2.37. The second kappa shape index (κ2) is 48.7. The number of methoxy groups -OCH3 is 2. The van der Waals surface area contributed by atoms with Gasteiger partial charge in [0.15, 0.2) is 11.4 Å². The molecule has 1 aliphatic carbocycles. The van der Waals surface area contributed by atoms with Gasteiger partial charge in [0.2, 0.25) is 23.6 Å². The second-order valence-corrected chi connectivity index (χ2v) is 36.1. The van der Waals surface area contributed by atoms with Crippen molar-refractivity contribution in [2.45, 2.75) is 213 Å². The number of ether oxygens (including phenoxy) is 9. The number of piperidine rings is 1. The number of nitrogens with one attached hydrogen (secondary N) is 2. The van der Waals surface area contributed by atoms with Crippen LogP contribution in [0.25, 0.3) is 33.3 Å². The number of piperazine rings is 1. The number of carbonyl (C=O) groups excluding carboxylic acids is 8. The molecule has 11 heterocycles. The second-order valence-electron chi connectivity index (χ2n) is 36.1. The number of fused-ring (bicyclic) bond motifs is 6. The average molecular weight is 1840 g/mol. The molecule has 7 aromatic rings. The van der Waals surface area contributed by atoms with Crippen molar-refractivity contribution in [2.75, 3.05) is 135 Å². The Morgan fingerprint density at radius 1 is 0.707 bits per heavy atom. The van der Waals surface area contributed by atoms with Crippen LogP contribution in [-0.4, -0.2) is 285 Å². The van der Waals surface area contributed by atoms with Gasteiger partial charge >= 0.3 is 12.1 Å². The van der Waals surface area contributed by atoms with Crippen LogP contribution < -0.4 is 20.9 Å². The number of aromatic nitrogens is 10. The quantitative estimate of drug-likeness (QED) is 0.0146. The number of allylic oxidation sites excluding steroid dienone is 6. The van der Waals surface area contributed by atoms with Crippen molar-refractivity contribution >= 4 is 86.9 Å². The summed E-state index contributed by atoms with van der Waals surface area (Å²) in [6.07, 6.45) is 25.0. The average Bonchev–Trinajstić information content (AvgIpc) is 1.61. The van der Waals surface area contributed by atoms with Crippen LogP contribution in [0.3, 0.4) is 0 Å².